The molecule has 8 heteroatoms. The van der Waals surface area contributed by atoms with Gasteiger partial charge >= 0.3 is 0 Å². The highest BCUT2D eigenvalue weighted by Gasteiger charge is 2.16. The standard InChI is InChI=1S/C27H22FN7/c1-35(2)15-16-9-17(13-29-12-16)18-10-21-26(33-34-27(21)31-14-18)24-11-20-23(32-24)7-8-30-25(20)19-5-3-4-6-22(19)28/h3-14,32H,15H2,1-2H3,(H,31,33,34). The van der Waals surface area contributed by atoms with Crippen molar-refractivity contribution in [3.05, 3.63) is 84.7 Å². The van der Waals surface area contributed by atoms with Gasteiger partial charge in [0.15, 0.2) is 5.65 Å². The second-order valence-corrected chi connectivity index (χ2v) is 8.80. The highest BCUT2D eigenvalue weighted by Crippen LogP contribution is 2.34. The zero-order valence-electron chi connectivity index (χ0n) is 19.2. The molecule has 0 saturated carbocycles. The van der Waals surface area contributed by atoms with E-state index in [1.165, 1.54) is 6.07 Å². The second kappa shape index (κ2) is 8.41. The molecule has 0 aliphatic heterocycles. The highest BCUT2D eigenvalue weighted by atomic mass is 19.1. The Labute approximate surface area is 200 Å². The van der Waals surface area contributed by atoms with Crippen LogP contribution in [0.1, 0.15) is 5.56 Å². The fourth-order valence-corrected chi connectivity index (χ4v) is 4.42. The summed E-state index contributed by atoms with van der Waals surface area (Å²) in [5, 5.41) is 9.23. The minimum atomic E-state index is -0.304. The minimum Gasteiger partial charge on any atom is -0.353 e. The molecule has 6 aromatic rings. The van der Waals surface area contributed by atoms with Crippen LogP contribution >= 0.6 is 0 Å². The van der Waals surface area contributed by atoms with Crippen molar-refractivity contribution >= 4 is 21.9 Å². The quantitative estimate of drug-likeness (QED) is 0.356. The summed E-state index contributed by atoms with van der Waals surface area (Å²) >= 11 is 0. The Morgan fingerprint density at radius 2 is 1.77 bits per heavy atom. The van der Waals surface area contributed by atoms with Crippen LogP contribution in [0.2, 0.25) is 0 Å². The number of hydrogen-bond donors (Lipinski definition) is 2. The van der Waals surface area contributed by atoms with E-state index in [1.54, 1.807) is 18.3 Å². The number of pyridine rings is 3. The number of nitrogens with zero attached hydrogens (tertiary/aromatic N) is 5. The zero-order valence-corrected chi connectivity index (χ0v) is 19.2. The van der Waals surface area contributed by atoms with Gasteiger partial charge < -0.3 is 9.88 Å². The Bertz CT molecular complexity index is 1680. The van der Waals surface area contributed by atoms with Crippen LogP contribution < -0.4 is 0 Å². The van der Waals surface area contributed by atoms with Crippen LogP contribution in [0.15, 0.2) is 73.3 Å². The smallest absolute Gasteiger partial charge is 0.181 e. The normalized spacial score (nSPS) is 11.7. The third kappa shape index (κ3) is 3.83. The topological polar surface area (TPSA) is 86.4 Å². The van der Waals surface area contributed by atoms with E-state index in [4.69, 9.17) is 0 Å². The first-order valence-electron chi connectivity index (χ1n) is 11.2. The molecule has 6 rings (SSSR count). The van der Waals surface area contributed by atoms with Crippen molar-refractivity contribution in [3.63, 3.8) is 0 Å². The third-order valence-electron chi connectivity index (χ3n) is 5.98. The lowest BCUT2D eigenvalue weighted by atomic mass is 10.1. The maximum Gasteiger partial charge on any atom is 0.181 e. The summed E-state index contributed by atoms with van der Waals surface area (Å²) in [6.45, 7) is 0.806. The lowest BCUT2D eigenvalue weighted by Crippen LogP contribution is -2.10. The number of H-pyrrole nitrogens is 2. The molecular formula is C27H22FN7. The Hall–Kier alpha value is -4.43. The summed E-state index contributed by atoms with van der Waals surface area (Å²) in [5.74, 6) is -0.304. The van der Waals surface area contributed by atoms with Gasteiger partial charge in [-0.25, -0.2) is 9.37 Å². The molecule has 0 radical (unpaired) electrons. The first-order chi connectivity index (χ1) is 17.1. The number of benzene rings is 1. The van der Waals surface area contributed by atoms with Gasteiger partial charge in [-0.1, -0.05) is 12.1 Å². The number of nitrogens with one attached hydrogen (secondary N) is 2. The summed E-state index contributed by atoms with van der Waals surface area (Å²) in [6.07, 6.45) is 7.22. The molecule has 2 N–H and O–H groups in total. The van der Waals surface area contributed by atoms with Crippen molar-refractivity contribution in [1.82, 2.24) is 35.0 Å². The van der Waals surface area contributed by atoms with Gasteiger partial charge in [0.05, 0.1) is 17.1 Å². The van der Waals surface area contributed by atoms with E-state index in [2.05, 4.69) is 47.2 Å². The summed E-state index contributed by atoms with van der Waals surface area (Å²) in [6, 6.07) is 14.7. The van der Waals surface area contributed by atoms with Crippen LogP contribution in [0.3, 0.4) is 0 Å². The zero-order chi connectivity index (χ0) is 23.9. The molecule has 5 aromatic heterocycles. The van der Waals surface area contributed by atoms with E-state index in [1.807, 2.05) is 50.9 Å². The first-order valence-corrected chi connectivity index (χ1v) is 11.2. The molecule has 0 unspecified atom stereocenters. The predicted octanol–water partition coefficient (Wildman–Crippen LogP) is 5.43. The second-order valence-electron chi connectivity index (χ2n) is 8.80. The number of hydrogen-bond acceptors (Lipinski definition) is 5. The molecule has 0 aliphatic carbocycles. The molecule has 0 amide bonds. The van der Waals surface area contributed by atoms with Crippen molar-refractivity contribution in [3.8, 4) is 33.8 Å². The van der Waals surface area contributed by atoms with Crippen LogP contribution in [0.25, 0.3) is 55.7 Å². The fourth-order valence-electron chi connectivity index (χ4n) is 4.42. The van der Waals surface area contributed by atoms with Gasteiger partial charge in [-0.3, -0.25) is 15.1 Å². The van der Waals surface area contributed by atoms with Gasteiger partial charge in [0.2, 0.25) is 0 Å². The molecule has 35 heavy (non-hydrogen) atoms. The maximum atomic E-state index is 14.5. The average molecular weight is 464 g/mol. The maximum absolute atomic E-state index is 14.5. The SMILES string of the molecule is CN(C)Cc1cncc(-c2cnc3n[nH]c(-c4cc5c(-c6ccccc6F)nccc5[nH]4)c3c2)c1. The van der Waals surface area contributed by atoms with E-state index in [0.29, 0.717) is 16.9 Å². The molecule has 5 heterocycles. The van der Waals surface area contributed by atoms with Gasteiger partial charge in [-0.2, -0.15) is 5.10 Å². The van der Waals surface area contributed by atoms with E-state index in [9.17, 15) is 4.39 Å². The minimum absolute atomic E-state index is 0.304. The molecule has 172 valence electrons. The van der Waals surface area contributed by atoms with E-state index in [-0.39, 0.29) is 5.82 Å². The van der Waals surface area contributed by atoms with E-state index in [0.717, 1.165) is 50.9 Å². The lowest BCUT2D eigenvalue weighted by Gasteiger charge is -2.10. The largest absolute Gasteiger partial charge is 0.353 e. The molecule has 0 aliphatic rings. The number of halogens is 1. The van der Waals surface area contributed by atoms with Gasteiger partial charge in [-0.05, 0) is 56.1 Å². The van der Waals surface area contributed by atoms with Crippen molar-refractivity contribution in [2.24, 2.45) is 0 Å². The Morgan fingerprint density at radius 1 is 0.914 bits per heavy atom. The molecule has 0 saturated heterocycles. The van der Waals surface area contributed by atoms with Gasteiger partial charge in [0, 0.05) is 64.3 Å². The summed E-state index contributed by atoms with van der Waals surface area (Å²) in [7, 11) is 4.07. The highest BCUT2D eigenvalue weighted by molar-refractivity contribution is 6.00. The molecular weight excluding hydrogens is 441 g/mol. The Balaban J connectivity index is 1.46. The van der Waals surface area contributed by atoms with Crippen LogP contribution in [0.4, 0.5) is 4.39 Å². The monoisotopic (exact) mass is 463 g/mol. The first kappa shape index (κ1) is 21.1. The predicted molar refractivity (Wildman–Crippen MR) is 135 cm³/mol. The van der Waals surface area contributed by atoms with Crippen LogP contribution in [-0.4, -0.2) is 49.1 Å². The van der Waals surface area contributed by atoms with Gasteiger partial charge in [0.1, 0.15) is 5.82 Å². The summed E-state index contributed by atoms with van der Waals surface area (Å²) < 4.78 is 14.5. The molecule has 1 aromatic carbocycles. The van der Waals surface area contributed by atoms with Crippen molar-refractivity contribution in [1.29, 1.82) is 0 Å². The van der Waals surface area contributed by atoms with E-state index >= 15 is 0 Å². The molecule has 0 atom stereocenters. The van der Waals surface area contributed by atoms with Crippen LogP contribution in [-0.2, 0) is 6.54 Å². The molecule has 7 nitrogen and oxygen atoms in total. The van der Waals surface area contributed by atoms with Crippen molar-refractivity contribution in [2.75, 3.05) is 14.1 Å². The summed E-state index contributed by atoms with van der Waals surface area (Å²) in [4.78, 5) is 19.0. The summed E-state index contributed by atoms with van der Waals surface area (Å²) in [5.41, 5.74) is 7.25. The van der Waals surface area contributed by atoms with Crippen molar-refractivity contribution < 1.29 is 4.39 Å². The van der Waals surface area contributed by atoms with Gasteiger partial charge in [-0.15, -0.1) is 0 Å². The average Bonchev–Trinajstić information content (AvgIpc) is 3.47. The number of aromatic nitrogens is 6. The van der Waals surface area contributed by atoms with Crippen molar-refractivity contribution in [2.45, 2.75) is 6.54 Å². The fraction of sp³-hybridized carbons (Fsp3) is 0.111. The molecule has 0 bridgehead atoms. The van der Waals surface area contributed by atoms with Gasteiger partial charge in [0.25, 0.3) is 0 Å². The van der Waals surface area contributed by atoms with E-state index < -0.39 is 0 Å². The Morgan fingerprint density at radius 3 is 2.63 bits per heavy atom. The lowest BCUT2D eigenvalue weighted by molar-refractivity contribution is 0.402. The number of aromatic amines is 2. The van der Waals surface area contributed by atoms with Crippen LogP contribution in [0.5, 0.6) is 0 Å². The third-order valence-corrected chi connectivity index (χ3v) is 5.98. The van der Waals surface area contributed by atoms with Crippen LogP contribution in [0, 0.1) is 5.82 Å². The number of fused-ring (bicyclic) bond motifs is 2. The molecule has 0 spiro atoms. The molecule has 0 fully saturated rings. The number of rotatable bonds is 5. The Kier molecular flexibility index (Phi) is 5.08.